The highest BCUT2D eigenvalue weighted by Gasteiger charge is 2.26. The summed E-state index contributed by atoms with van der Waals surface area (Å²) < 4.78 is 1.65. The minimum Gasteiger partial charge on any atom is -0.298 e. The Morgan fingerprint density at radius 2 is 2.16 bits per heavy atom. The number of urea groups is 1. The number of carbonyl (C=O) groups is 3. The fourth-order valence-electron chi connectivity index (χ4n) is 2.12. The molecule has 0 aliphatic carbocycles. The zero-order valence-corrected chi connectivity index (χ0v) is 9.87. The van der Waals surface area contributed by atoms with Crippen LogP contribution in [-0.4, -0.2) is 34.2 Å². The minimum absolute atomic E-state index is 0.247. The van der Waals surface area contributed by atoms with E-state index in [2.05, 4.69) is 10.3 Å². The molecule has 1 aliphatic heterocycles. The van der Waals surface area contributed by atoms with E-state index in [9.17, 15) is 14.4 Å². The number of pyridine rings is 1. The molecule has 3 heterocycles. The van der Waals surface area contributed by atoms with Gasteiger partial charge in [-0.2, -0.15) is 0 Å². The summed E-state index contributed by atoms with van der Waals surface area (Å²) in [5.41, 5.74) is 1.12. The largest absolute Gasteiger partial charge is 0.329 e. The predicted molar refractivity (Wildman–Crippen MR) is 66.1 cm³/mol. The third-order valence-corrected chi connectivity index (χ3v) is 3.05. The first-order valence-corrected chi connectivity index (χ1v) is 5.72. The van der Waals surface area contributed by atoms with Gasteiger partial charge in [-0.1, -0.05) is 0 Å². The van der Waals surface area contributed by atoms with E-state index in [0.29, 0.717) is 23.4 Å². The number of amides is 3. The van der Waals surface area contributed by atoms with Crippen molar-refractivity contribution in [1.82, 2.24) is 14.7 Å². The van der Waals surface area contributed by atoms with Gasteiger partial charge in [-0.25, -0.2) is 9.78 Å². The highest BCUT2D eigenvalue weighted by molar-refractivity contribution is 6.05. The highest BCUT2D eigenvalue weighted by atomic mass is 16.2. The second kappa shape index (κ2) is 4.20. The average molecular weight is 258 g/mol. The summed E-state index contributed by atoms with van der Waals surface area (Å²) in [4.78, 5) is 39.3. The van der Waals surface area contributed by atoms with E-state index in [1.807, 2.05) is 0 Å². The van der Waals surface area contributed by atoms with E-state index in [-0.39, 0.29) is 12.3 Å². The number of anilines is 1. The fourth-order valence-corrected chi connectivity index (χ4v) is 2.12. The Kier molecular flexibility index (Phi) is 2.52. The molecular weight excluding hydrogens is 248 g/mol. The van der Waals surface area contributed by atoms with Gasteiger partial charge in [0.05, 0.1) is 11.7 Å². The van der Waals surface area contributed by atoms with Gasteiger partial charge >= 0.3 is 6.03 Å². The molecule has 3 rings (SSSR count). The summed E-state index contributed by atoms with van der Waals surface area (Å²) in [5.74, 6) is 0.288. The van der Waals surface area contributed by atoms with Gasteiger partial charge in [-0.15, -0.1) is 0 Å². The molecule has 0 bridgehead atoms. The Balaban J connectivity index is 2.11. The third kappa shape index (κ3) is 1.75. The summed E-state index contributed by atoms with van der Waals surface area (Å²) in [6, 6.07) is 2.82. The molecule has 0 atom stereocenters. The lowest BCUT2D eigenvalue weighted by Crippen LogP contribution is -2.50. The van der Waals surface area contributed by atoms with Crippen molar-refractivity contribution in [1.29, 1.82) is 0 Å². The van der Waals surface area contributed by atoms with Gasteiger partial charge in [-0.3, -0.25) is 24.2 Å². The van der Waals surface area contributed by atoms with Crippen molar-refractivity contribution in [3.8, 4) is 0 Å². The molecule has 0 radical (unpaired) electrons. The SMILES string of the molecule is O=Cc1ccc(N2CCC(=O)NC2=O)n2cncc12. The zero-order valence-electron chi connectivity index (χ0n) is 9.87. The molecule has 7 nitrogen and oxygen atoms in total. The van der Waals surface area contributed by atoms with E-state index in [1.54, 1.807) is 22.7 Å². The Labute approximate surface area is 107 Å². The first kappa shape index (κ1) is 11.4. The van der Waals surface area contributed by atoms with Crippen LogP contribution in [0.3, 0.4) is 0 Å². The number of carbonyl (C=O) groups excluding carboxylic acids is 3. The van der Waals surface area contributed by atoms with Gasteiger partial charge in [0.15, 0.2) is 6.29 Å². The molecule has 1 fully saturated rings. The Hall–Kier alpha value is -2.70. The molecule has 96 valence electrons. The number of hydrogen-bond donors (Lipinski definition) is 1. The second-order valence-electron chi connectivity index (χ2n) is 4.17. The number of fused-ring (bicyclic) bond motifs is 1. The lowest BCUT2D eigenvalue weighted by atomic mass is 10.2. The first-order chi connectivity index (χ1) is 9.20. The van der Waals surface area contributed by atoms with Crippen molar-refractivity contribution < 1.29 is 14.4 Å². The van der Waals surface area contributed by atoms with Gasteiger partial charge in [0.2, 0.25) is 5.91 Å². The fraction of sp³-hybridized carbons (Fsp3) is 0.167. The van der Waals surface area contributed by atoms with E-state index in [4.69, 9.17) is 0 Å². The van der Waals surface area contributed by atoms with Crippen LogP contribution in [0.1, 0.15) is 16.8 Å². The number of imidazole rings is 1. The number of aromatic nitrogens is 2. The summed E-state index contributed by atoms with van der Waals surface area (Å²) in [5, 5.41) is 2.26. The molecular formula is C12H10N4O3. The normalized spacial score (nSPS) is 15.7. The maximum atomic E-state index is 11.8. The number of nitrogens with one attached hydrogen (secondary N) is 1. The van der Waals surface area contributed by atoms with E-state index in [1.165, 1.54) is 11.2 Å². The summed E-state index contributed by atoms with van der Waals surface area (Å²) in [6.45, 7) is 0.304. The van der Waals surface area contributed by atoms with Crippen molar-refractivity contribution >= 4 is 29.6 Å². The molecule has 19 heavy (non-hydrogen) atoms. The average Bonchev–Trinajstić information content (AvgIpc) is 2.87. The van der Waals surface area contributed by atoms with E-state index in [0.717, 1.165) is 6.29 Å². The molecule has 7 heteroatoms. The molecule has 1 aliphatic rings. The maximum absolute atomic E-state index is 11.8. The lowest BCUT2D eigenvalue weighted by Gasteiger charge is -2.27. The highest BCUT2D eigenvalue weighted by Crippen LogP contribution is 2.21. The number of aldehydes is 1. The molecule has 2 aromatic heterocycles. The van der Waals surface area contributed by atoms with Gasteiger partial charge in [-0.05, 0) is 12.1 Å². The summed E-state index contributed by atoms with van der Waals surface area (Å²) in [6.07, 6.45) is 4.07. The molecule has 0 spiro atoms. The van der Waals surface area contributed by atoms with Crippen molar-refractivity contribution in [2.24, 2.45) is 0 Å². The van der Waals surface area contributed by atoms with Crippen molar-refractivity contribution in [3.05, 3.63) is 30.2 Å². The van der Waals surface area contributed by atoms with Crippen molar-refractivity contribution in [3.63, 3.8) is 0 Å². The molecule has 3 amide bonds. The van der Waals surface area contributed by atoms with Crippen LogP contribution in [0.15, 0.2) is 24.7 Å². The lowest BCUT2D eigenvalue weighted by molar-refractivity contribution is -0.120. The second-order valence-corrected chi connectivity index (χ2v) is 4.17. The predicted octanol–water partition coefficient (Wildman–Crippen LogP) is 0.593. The zero-order chi connectivity index (χ0) is 13.4. The minimum atomic E-state index is -0.467. The Bertz CT molecular complexity index is 691. The smallest absolute Gasteiger partial charge is 0.298 e. The number of imide groups is 1. The monoisotopic (exact) mass is 258 g/mol. The van der Waals surface area contributed by atoms with Crippen LogP contribution in [0, 0.1) is 0 Å². The van der Waals surface area contributed by atoms with Crippen LogP contribution < -0.4 is 10.2 Å². The van der Waals surface area contributed by atoms with Gasteiger partial charge in [0.25, 0.3) is 0 Å². The van der Waals surface area contributed by atoms with Crippen molar-refractivity contribution in [2.75, 3.05) is 11.4 Å². The molecule has 2 aromatic rings. The molecule has 0 aromatic carbocycles. The summed E-state index contributed by atoms with van der Waals surface area (Å²) in [7, 11) is 0. The number of rotatable bonds is 2. The number of nitrogens with zero attached hydrogens (tertiary/aromatic N) is 3. The quantitative estimate of drug-likeness (QED) is 0.799. The summed E-state index contributed by atoms with van der Waals surface area (Å²) >= 11 is 0. The van der Waals surface area contributed by atoms with Crippen LogP contribution in [-0.2, 0) is 4.79 Å². The molecule has 1 saturated heterocycles. The van der Waals surface area contributed by atoms with Crippen LogP contribution >= 0.6 is 0 Å². The Morgan fingerprint density at radius 3 is 2.89 bits per heavy atom. The molecule has 0 unspecified atom stereocenters. The van der Waals surface area contributed by atoms with Crippen LogP contribution in [0.2, 0.25) is 0 Å². The van der Waals surface area contributed by atoms with Crippen molar-refractivity contribution in [2.45, 2.75) is 6.42 Å². The van der Waals surface area contributed by atoms with E-state index < -0.39 is 6.03 Å². The third-order valence-electron chi connectivity index (χ3n) is 3.05. The van der Waals surface area contributed by atoms with Crippen LogP contribution in [0.5, 0.6) is 0 Å². The van der Waals surface area contributed by atoms with Crippen LogP contribution in [0.4, 0.5) is 10.6 Å². The maximum Gasteiger partial charge on any atom is 0.329 e. The standard InChI is InChI=1S/C12H10N4O3/c17-6-8-1-2-11(16-7-13-5-9(8)16)15-4-3-10(18)14-12(15)19/h1-2,5-7H,3-4H2,(H,14,18,19). The van der Waals surface area contributed by atoms with Crippen LogP contribution in [0.25, 0.3) is 5.52 Å². The molecule has 0 saturated carbocycles. The van der Waals surface area contributed by atoms with E-state index >= 15 is 0 Å². The van der Waals surface area contributed by atoms with Gasteiger partial charge < -0.3 is 0 Å². The number of hydrogen-bond acceptors (Lipinski definition) is 4. The topological polar surface area (TPSA) is 83.8 Å². The van der Waals surface area contributed by atoms with Gasteiger partial charge in [0, 0.05) is 18.5 Å². The first-order valence-electron chi connectivity index (χ1n) is 5.72. The Morgan fingerprint density at radius 1 is 1.32 bits per heavy atom. The molecule has 1 N–H and O–H groups in total. The van der Waals surface area contributed by atoms with Gasteiger partial charge in [0.1, 0.15) is 12.1 Å².